The molecular weight excluding hydrogens is 480 g/mol. The van der Waals surface area contributed by atoms with Crippen molar-refractivity contribution in [3.05, 3.63) is 70.3 Å². The third kappa shape index (κ3) is 4.95. The third-order valence-corrected chi connectivity index (χ3v) is 5.73. The Hall–Kier alpha value is -3.17. The molecule has 1 atom stereocenters. The molecule has 0 aliphatic carbocycles. The molecule has 2 aromatic carbocycles. The number of aromatic nitrogens is 3. The molecule has 4 rings (SSSR count). The van der Waals surface area contributed by atoms with Gasteiger partial charge < -0.3 is 4.74 Å². The summed E-state index contributed by atoms with van der Waals surface area (Å²) in [6.07, 6.45) is 0.685. The van der Waals surface area contributed by atoms with E-state index in [2.05, 4.69) is 36.2 Å². The van der Waals surface area contributed by atoms with Crippen molar-refractivity contribution in [2.24, 2.45) is 0 Å². The zero-order valence-corrected chi connectivity index (χ0v) is 18.8. The SMILES string of the molecule is CCC(OC(=O)c1cnc2ccccc2n1)C(=O)Nc1nc(-c2ccc(Br)cc2)cs1. The zero-order valence-electron chi connectivity index (χ0n) is 16.4. The average molecular weight is 497 g/mol. The molecule has 0 aliphatic heterocycles. The predicted octanol–water partition coefficient (Wildman–Crippen LogP) is 5.09. The molecule has 31 heavy (non-hydrogen) atoms. The minimum Gasteiger partial charge on any atom is -0.447 e. The zero-order chi connectivity index (χ0) is 21.8. The Morgan fingerprint density at radius 1 is 1.10 bits per heavy atom. The normalized spacial score (nSPS) is 11.8. The fraction of sp³-hybridized carbons (Fsp3) is 0.136. The monoisotopic (exact) mass is 496 g/mol. The summed E-state index contributed by atoms with van der Waals surface area (Å²) >= 11 is 4.71. The fourth-order valence-electron chi connectivity index (χ4n) is 2.84. The molecule has 2 heterocycles. The van der Waals surface area contributed by atoms with E-state index in [1.807, 2.05) is 41.8 Å². The molecule has 9 heteroatoms. The van der Waals surface area contributed by atoms with Gasteiger partial charge in [-0.15, -0.1) is 11.3 Å². The van der Waals surface area contributed by atoms with Gasteiger partial charge in [0.1, 0.15) is 0 Å². The van der Waals surface area contributed by atoms with Gasteiger partial charge in [0.2, 0.25) is 0 Å². The Kier molecular flexibility index (Phi) is 6.34. The molecular formula is C22H17BrN4O3S. The molecule has 1 N–H and O–H groups in total. The molecule has 0 bridgehead atoms. The largest absolute Gasteiger partial charge is 0.447 e. The third-order valence-electron chi connectivity index (χ3n) is 4.44. The number of ether oxygens (including phenoxy) is 1. The molecule has 0 radical (unpaired) electrons. The van der Waals surface area contributed by atoms with Crippen molar-refractivity contribution in [2.45, 2.75) is 19.4 Å². The lowest BCUT2D eigenvalue weighted by Gasteiger charge is -2.14. The van der Waals surface area contributed by atoms with Crippen LogP contribution in [0.2, 0.25) is 0 Å². The van der Waals surface area contributed by atoms with Crippen LogP contribution in [-0.4, -0.2) is 32.9 Å². The van der Waals surface area contributed by atoms with Crippen LogP contribution < -0.4 is 5.32 Å². The molecule has 0 aliphatic rings. The molecule has 0 fully saturated rings. The summed E-state index contributed by atoms with van der Waals surface area (Å²) in [5.74, 6) is -1.14. The lowest BCUT2D eigenvalue weighted by atomic mass is 10.2. The number of fused-ring (bicyclic) bond motifs is 1. The number of amides is 1. The van der Waals surface area contributed by atoms with E-state index in [0.717, 1.165) is 15.7 Å². The minimum absolute atomic E-state index is 0.0525. The highest BCUT2D eigenvalue weighted by molar-refractivity contribution is 9.10. The lowest BCUT2D eigenvalue weighted by Crippen LogP contribution is -2.32. The number of anilines is 1. The van der Waals surface area contributed by atoms with Crippen molar-refractivity contribution in [1.82, 2.24) is 15.0 Å². The van der Waals surface area contributed by atoms with Crippen LogP contribution in [0.3, 0.4) is 0 Å². The van der Waals surface area contributed by atoms with Crippen LogP contribution in [0.5, 0.6) is 0 Å². The van der Waals surface area contributed by atoms with Crippen LogP contribution in [0, 0.1) is 0 Å². The van der Waals surface area contributed by atoms with E-state index in [1.54, 1.807) is 19.1 Å². The second-order valence-corrected chi connectivity index (χ2v) is 8.35. The molecule has 4 aromatic rings. The van der Waals surface area contributed by atoms with Gasteiger partial charge in [0.05, 0.1) is 22.9 Å². The molecule has 0 saturated carbocycles. The summed E-state index contributed by atoms with van der Waals surface area (Å²) in [6, 6.07) is 14.9. The van der Waals surface area contributed by atoms with Crippen LogP contribution >= 0.6 is 27.3 Å². The fourth-order valence-corrected chi connectivity index (χ4v) is 3.82. The summed E-state index contributed by atoms with van der Waals surface area (Å²) in [6.45, 7) is 1.76. The highest BCUT2D eigenvalue weighted by atomic mass is 79.9. The number of hydrogen-bond donors (Lipinski definition) is 1. The Bertz CT molecular complexity index is 1240. The van der Waals surface area contributed by atoms with Crippen molar-refractivity contribution in [3.63, 3.8) is 0 Å². The first kappa shape index (κ1) is 21.1. The number of carbonyl (C=O) groups is 2. The summed E-state index contributed by atoms with van der Waals surface area (Å²) in [5, 5.41) is 5.02. The second kappa shape index (κ2) is 9.32. The molecule has 2 aromatic heterocycles. The number of halogens is 1. The summed E-state index contributed by atoms with van der Waals surface area (Å²) in [7, 11) is 0. The van der Waals surface area contributed by atoms with E-state index in [0.29, 0.717) is 22.6 Å². The smallest absolute Gasteiger partial charge is 0.359 e. The Labute approximate surface area is 190 Å². The maximum Gasteiger partial charge on any atom is 0.359 e. The molecule has 156 valence electrons. The number of benzene rings is 2. The van der Waals surface area contributed by atoms with E-state index in [4.69, 9.17) is 4.74 Å². The van der Waals surface area contributed by atoms with Crippen LogP contribution in [-0.2, 0) is 9.53 Å². The van der Waals surface area contributed by atoms with E-state index in [-0.39, 0.29) is 5.69 Å². The predicted molar refractivity (Wildman–Crippen MR) is 123 cm³/mol. The number of esters is 1. The summed E-state index contributed by atoms with van der Waals surface area (Å²) in [5.41, 5.74) is 3.00. The van der Waals surface area contributed by atoms with Crippen LogP contribution in [0.15, 0.2) is 64.6 Å². The number of rotatable bonds is 6. The van der Waals surface area contributed by atoms with Gasteiger partial charge in [-0.25, -0.2) is 14.8 Å². The number of nitrogens with one attached hydrogen (secondary N) is 1. The van der Waals surface area contributed by atoms with Crippen LogP contribution in [0.4, 0.5) is 5.13 Å². The number of nitrogens with zero attached hydrogens (tertiary/aromatic N) is 3. The van der Waals surface area contributed by atoms with Gasteiger partial charge in [-0.05, 0) is 30.7 Å². The van der Waals surface area contributed by atoms with Crippen molar-refractivity contribution in [3.8, 4) is 11.3 Å². The summed E-state index contributed by atoms with van der Waals surface area (Å²) in [4.78, 5) is 38.1. The van der Waals surface area contributed by atoms with Crippen LogP contribution in [0.25, 0.3) is 22.3 Å². The Morgan fingerprint density at radius 2 is 1.84 bits per heavy atom. The molecule has 0 spiro atoms. The lowest BCUT2D eigenvalue weighted by molar-refractivity contribution is -0.124. The van der Waals surface area contributed by atoms with Gasteiger partial charge in [-0.3, -0.25) is 15.1 Å². The molecule has 1 amide bonds. The van der Waals surface area contributed by atoms with E-state index >= 15 is 0 Å². The minimum atomic E-state index is -0.971. The van der Waals surface area contributed by atoms with Gasteiger partial charge in [0.25, 0.3) is 5.91 Å². The highest BCUT2D eigenvalue weighted by Crippen LogP contribution is 2.26. The van der Waals surface area contributed by atoms with Gasteiger partial charge in [0.15, 0.2) is 16.9 Å². The van der Waals surface area contributed by atoms with Gasteiger partial charge >= 0.3 is 5.97 Å². The number of hydrogen-bond acceptors (Lipinski definition) is 7. The number of carbonyl (C=O) groups excluding carboxylic acids is 2. The second-order valence-electron chi connectivity index (χ2n) is 6.58. The quantitative estimate of drug-likeness (QED) is 0.373. The number of thiazole rings is 1. The van der Waals surface area contributed by atoms with Gasteiger partial charge in [0, 0.05) is 15.4 Å². The van der Waals surface area contributed by atoms with Gasteiger partial charge in [-0.2, -0.15) is 0 Å². The van der Waals surface area contributed by atoms with Crippen molar-refractivity contribution < 1.29 is 14.3 Å². The van der Waals surface area contributed by atoms with Crippen LogP contribution in [0.1, 0.15) is 23.8 Å². The topological polar surface area (TPSA) is 94.1 Å². The average Bonchev–Trinajstić information content (AvgIpc) is 3.25. The van der Waals surface area contributed by atoms with Crippen molar-refractivity contribution in [1.29, 1.82) is 0 Å². The first-order chi connectivity index (χ1) is 15.0. The maximum absolute atomic E-state index is 12.6. The first-order valence-electron chi connectivity index (χ1n) is 9.48. The summed E-state index contributed by atoms with van der Waals surface area (Å²) < 4.78 is 6.37. The van der Waals surface area contributed by atoms with Crippen molar-refractivity contribution in [2.75, 3.05) is 5.32 Å². The van der Waals surface area contributed by atoms with E-state index in [1.165, 1.54) is 17.5 Å². The van der Waals surface area contributed by atoms with Gasteiger partial charge in [-0.1, -0.05) is 47.1 Å². The Balaban J connectivity index is 1.43. The maximum atomic E-state index is 12.6. The first-order valence-corrected chi connectivity index (χ1v) is 11.2. The molecule has 0 saturated heterocycles. The molecule has 7 nitrogen and oxygen atoms in total. The van der Waals surface area contributed by atoms with E-state index < -0.39 is 18.0 Å². The Morgan fingerprint density at radius 3 is 2.58 bits per heavy atom. The molecule has 1 unspecified atom stereocenters. The number of para-hydroxylation sites is 2. The van der Waals surface area contributed by atoms with Crippen molar-refractivity contribution >= 4 is 55.3 Å². The standard InChI is InChI=1S/C22H17BrN4O3S/c1-2-19(30-21(29)17-11-24-15-5-3-4-6-16(15)25-17)20(28)27-22-26-18(12-31-22)13-7-9-14(23)10-8-13/h3-12,19H,2H2,1H3,(H,26,27,28). The van der Waals surface area contributed by atoms with E-state index in [9.17, 15) is 9.59 Å². The highest BCUT2D eigenvalue weighted by Gasteiger charge is 2.24.